The van der Waals surface area contributed by atoms with Crippen LogP contribution < -0.4 is 5.32 Å². The lowest BCUT2D eigenvalue weighted by Gasteiger charge is -1.98. The van der Waals surface area contributed by atoms with Crippen LogP contribution in [-0.4, -0.2) is 10.9 Å². The van der Waals surface area contributed by atoms with Crippen LogP contribution >= 0.6 is 27.3 Å². The Morgan fingerprint density at radius 1 is 1.24 bits per heavy atom. The molecule has 0 atom stereocenters. The zero-order chi connectivity index (χ0) is 14.8. The van der Waals surface area contributed by atoms with Crippen molar-refractivity contribution in [2.75, 3.05) is 5.32 Å². The minimum atomic E-state index is -0.374. The lowest BCUT2D eigenvalue weighted by atomic mass is 10.2. The maximum Gasteiger partial charge on any atom is 0.293 e. The van der Waals surface area contributed by atoms with Crippen LogP contribution in [0.1, 0.15) is 10.6 Å². The monoisotopic (exact) mass is 366 g/mol. The number of thiazole rings is 1. The Morgan fingerprint density at radius 3 is 2.67 bits per heavy atom. The molecule has 21 heavy (non-hydrogen) atoms. The summed E-state index contributed by atoms with van der Waals surface area (Å²) >= 11 is 4.42. The summed E-state index contributed by atoms with van der Waals surface area (Å²) in [7, 11) is 0. The fraction of sp³-hybridized carbons (Fsp3) is 0. The highest BCUT2D eigenvalue weighted by Crippen LogP contribution is 2.25. The molecule has 4 nitrogen and oxygen atoms in total. The van der Waals surface area contributed by atoms with Crippen molar-refractivity contribution in [3.63, 3.8) is 0 Å². The highest BCUT2D eigenvalue weighted by atomic mass is 79.9. The predicted molar refractivity (Wildman–Crippen MR) is 81.9 cm³/mol. The molecule has 0 radical (unpaired) electrons. The van der Waals surface area contributed by atoms with E-state index in [9.17, 15) is 9.18 Å². The van der Waals surface area contributed by atoms with Crippen LogP contribution in [0.3, 0.4) is 0 Å². The van der Waals surface area contributed by atoms with Crippen molar-refractivity contribution in [2.45, 2.75) is 0 Å². The van der Waals surface area contributed by atoms with Gasteiger partial charge in [-0.15, -0.1) is 11.3 Å². The van der Waals surface area contributed by atoms with E-state index in [-0.39, 0.29) is 17.5 Å². The number of hydrogen-bond acceptors (Lipinski definition) is 4. The normalized spacial score (nSPS) is 10.6. The van der Waals surface area contributed by atoms with E-state index in [2.05, 4.69) is 26.2 Å². The average Bonchev–Trinajstić information content (AvgIpc) is 3.09. The molecule has 1 N–H and O–H groups in total. The first kappa shape index (κ1) is 14.0. The molecule has 1 aromatic carbocycles. The molecule has 2 aromatic heterocycles. The SMILES string of the molecule is O=C(Nc1nc(-c2ccc(F)cc2)cs1)c1ccc(Br)o1. The quantitative estimate of drug-likeness (QED) is 0.739. The number of carbonyl (C=O) groups excluding carboxylic acids is 1. The maximum absolute atomic E-state index is 12.9. The summed E-state index contributed by atoms with van der Waals surface area (Å²) in [4.78, 5) is 16.2. The fourth-order valence-electron chi connectivity index (χ4n) is 1.68. The molecule has 3 aromatic rings. The van der Waals surface area contributed by atoms with Crippen molar-refractivity contribution in [1.82, 2.24) is 4.98 Å². The van der Waals surface area contributed by atoms with Crippen molar-refractivity contribution >= 4 is 38.3 Å². The van der Waals surface area contributed by atoms with Crippen LogP contribution in [0, 0.1) is 5.82 Å². The molecule has 1 amide bonds. The Kier molecular flexibility index (Phi) is 3.85. The van der Waals surface area contributed by atoms with E-state index in [0.717, 1.165) is 5.56 Å². The van der Waals surface area contributed by atoms with Gasteiger partial charge in [-0.05, 0) is 52.3 Å². The molecule has 0 saturated heterocycles. The third-order valence-corrected chi connectivity index (χ3v) is 3.85. The van der Waals surface area contributed by atoms with E-state index in [4.69, 9.17) is 4.42 Å². The number of nitrogens with one attached hydrogen (secondary N) is 1. The molecule has 3 rings (SSSR count). The summed E-state index contributed by atoms with van der Waals surface area (Å²) in [6.45, 7) is 0. The standard InChI is InChI=1S/C14H8BrFN2O2S/c15-12-6-5-11(20-12)13(19)18-14-17-10(7-21-14)8-1-3-9(16)4-2-8/h1-7H,(H,17,18,19). The van der Waals surface area contributed by atoms with Gasteiger partial charge in [-0.1, -0.05) is 0 Å². The number of nitrogens with zero attached hydrogens (tertiary/aromatic N) is 1. The number of halogens is 2. The van der Waals surface area contributed by atoms with Crippen LogP contribution in [0.15, 0.2) is 50.9 Å². The van der Waals surface area contributed by atoms with Crippen LogP contribution in [-0.2, 0) is 0 Å². The number of anilines is 1. The third-order valence-electron chi connectivity index (χ3n) is 2.66. The smallest absolute Gasteiger partial charge is 0.293 e. The summed E-state index contributed by atoms with van der Waals surface area (Å²) in [6, 6.07) is 9.22. The van der Waals surface area contributed by atoms with Gasteiger partial charge in [-0.3, -0.25) is 10.1 Å². The molecule has 0 aliphatic heterocycles. The third kappa shape index (κ3) is 3.20. The van der Waals surface area contributed by atoms with E-state index >= 15 is 0 Å². The van der Waals surface area contributed by atoms with E-state index in [1.165, 1.54) is 23.5 Å². The molecule has 0 fully saturated rings. The molecule has 7 heteroatoms. The van der Waals surface area contributed by atoms with E-state index in [1.807, 2.05) is 0 Å². The van der Waals surface area contributed by atoms with Gasteiger partial charge in [0.15, 0.2) is 15.6 Å². The Labute approximate surface area is 131 Å². The van der Waals surface area contributed by atoms with E-state index in [1.54, 1.807) is 29.6 Å². The van der Waals surface area contributed by atoms with Crippen molar-refractivity contribution in [3.05, 3.63) is 58.0 Å². The van der Waals surface area contributed by atoms with Gasteiger partial charge in [0.25, 0.3) is 5.91 Å². The zero-order valence-corrected chi connectivity index (χ0v) is 12.9. The number of carbonyl (C=O) groups is 1. The molecule has 106 valence electrons. The lowest BCUT2D eigenvalue weighted by molar-refractivity contribution is 0.0995. The first-order chi connectivity index (χ1) is 10.1. The summed E-state index contributed by atoms with van der Waals surface area (Å²) in [5.74, 6) is -0.480. The van der Waals surface area contributed by atoms with Gasteiger partial charge >= 0.3 is 0 Å². The molecule has 0 aliphatic rings. The largest absolute Gasteiger partial charge is 0.444 e. The number of hydrogen-bond donors (Lipinski definition) is 1. The topological polar surface area (TPSA) is 55.1 Å². The first-order valence-electron chi connectivity index (χ1n) is 5.90. The molecule has 0 bridgehead atoms. The second-order valence-electron chi connectivity index (χ2n) is 4.10. The van der Waals surface area contributed by atoms with Gasteiger partial charge < -0.3 is 4.42 Å². The molecule has 0 aliphatic carbocycles. The van der Waals surface area contributed by atoms with Gasteiger partial charge in [-0.25, -0.2) is 9.37 Å². The second-order valence-corrected chi connectivity index (χ2v) is 5.74. The van der Waals surface area contributed by atoms with Crippen molar-refractivity contribution < 1.29 is 13.6 Å². The number of rotatable bonds is 3. The first-order valence-corrected chi connectivity index (χ1v) is 7.57. The van der Waals surface area contributed by atoms with E-state index in [0.29, 0.717) is 15.5 Å². The number of aromatic nitrogens is 1. The Morgan fingerprint density at radius 2 is 2.00 bits per heavy atom. The van der Waals surface area contributed by atoms with Crippen LogP contribution in [0.5, 0.6) is 0 Å². The Hall–Kier alpha value is -1.99. The van der Waals surface area contributed by atoms with Gasteiger partial charge in [-0.2, -0.15) is 0 Å². The predicted octanol–water partition coefficient (Wildman–Crippen LogP) is 4.56. The van der Waals surface area contributed by atoms with Gasteiger partial charge in [0.1, 0.15) is 5.82 Å². The molecule has 0 saturated carbocycles. The van der Waals surface area contributed by atoms with Crippen LogP contribution in [0.4, 0.5) is 9.52 Å². The zero-order valence-electron chi connectivity index (χ0n) is 10.5. The highest BCUT2D eigenvalue weighted by Gasteiger charge is 2.13. The number of amides is 1. The summed E-state index contributed by atoms with van der Waals surface area (Å²) in [5.41, 5.74) is 1.46. The van der Waals surface area contributed by atoms with Crippen molar-refractivity contribution in [3.8, 4) is 11.3 Å². The Bertz CT molecular complexity index is 782. The van der Waals surface area contributed by atoms with E-state index < -0.39 is 0 Å². The average molecular weight is 367 g/mol. The highest BCUT2D eigenvalue weighted by molar-refractivity contribution is 9.10. The van der Waals surface area contributed by atoms with Crippen LogP contribution in [0.25, 0.3) is 11.3 Å². The molecule has 2 heterocycles. The summed E-state index contributed by atoms with van der Waals surface area (Å²) in [5, 5.41) is 4.90. The number of benzene rings is 1. The number of furan rings is 1. The lowest BCUT2D eigenvalue weighted by Crippen LogP contribution is -2.10. The molecule has 0 unspecified atom stereocenters. The van der Waals surface area contributed by atoms with Crippen LogP contribution in [0.2, 0.25) is 0 Å². The van der Waals surface area contributed by atoms with Gasteiger partial charge in [0.2, 0.25) is 0 Å². The van der Waals surface area contributed by atoms with Gasteiger partial charge in [0, 0.05) is 10.9 Å². The van der Waals surface area contributed by atoms with Crippen molar-refractivity contribution in [2.24, 2.45) is 0 Å². The molecular weight excluding hydrogens is 359 g/mol. The van der Waals surface area contributed by atoms with Crippen molar-refractivity contribution in [1.29, 1.82) is 0 Å². The molecular formula is C14H8BrFN2O2S. The summed E-state index contributed by atoms with van der Waals surface area (Å²) in [6.07, 6.45) is 0. The fourth-order valence-corrected chi connectivity index (χ4v) is 2.70. The minimum Gasteiger partial charge on any atom is -0.444 e. The minimum absolute atomic E-state index is 0.195. The Balaban J connectivity index is 1.76. The summed E-state index contributed by atoms with van der Waals surface area (Å²) < 4.78 is 18.5. The molecule has 0 spiro atoms. The van der Waals surface area contributed by atoms with Gasteiger partial charge in [0.05, 0.1) is 5.69 Å². The second kappa shape index (κ2) is 5.79. The maximum atomic E-state index is 12.9.